The summed E-state index contributed by atoms with van der Waals surface area (Å²) < 4.78 is 6.71. The van der Waals surface area contributed by atoms with E-state index in [0.29, 0.717) is 5.69 Å². The van der Waals surface area contributed by atoms with Crippen LogP contribution in [0.1, 0.15) is 16.1 Å². The van der Waals surface area contributed by atoms with Crippen molar-refractivity contribution < 1.29 is 9.53 Å². The molecule has 0 radical (unpaired) electrons. The molecule has 84 valence electrons. The summed E-state index contributed by atoms with van der Waals surface area (Å²) in [6, 6.07) is 3.64. The zero-order valence-electron chi connectivity index (χ0n) is 9.44. The van der Waals surface area contributed by atoms with Gasteiger partial charge in [-0.25, -0.2) is 0 Å². The van der Waals surface area contributed by atoms with Gasteiger partial charge in [0, 0.05) is 18.0 Å². The zero-order valence-corrected chi connectivity index (χ0v) is 9.44. The summed E-state index contributed by atoms with van der Waals surface area (Å²) in [7, 11) is 3.29. The summed E-state index contributed by atoms with van der Waals surface area (Å²) in [5.41, 5.74) is 7.38. The fourth-order valence-electron chi connectivity index (χ4n) is 1.94. The number of aromatic nitrogens is 2. The molecule has 2 aromatic rings. The van der Waals surface area contributed by atoms with E-state index in [1.807, 2.05) is 19.1 Å². The average molecular weight is 219 g/mol. The average Bonchev–Trinajstić information content (AvgIpc) is 2.56. The van der Waals surface area contributed by atoms with Gasteiger partial charge in [-0.1, -0.05) is 0 Å². The first-order valence-electron chi connectivity index (χ1n) is 4.86. The Morgan fingerprint density at radius 1 is 1.50 bits per heavy atom. The van der Waals surface area contributed by atoms with E-state index in [9.17, 15) is 4.79 Å². The molecule has 2 N–H and O–H groups in total. The summed E-state index contributed by atoms with van der Waals surface area (Å²) in [4.78, 5) is 11.4. The van der Waals surface area contributed by atoms with Crippen molar-refractivity contribution in [2.24, 2.45) is 12.8 Å². The second-order valence-electron chi connectivity index (χ2n) is 3.62. The second-order valence-corrected chi connectivity index (χ2v) is 3.62. The summed E-state index contributed by atoms with van der Waals surface area (Å²) in [5.74, 6) is 0.240. The first-order chi connectivity index (χ1) is 7.56. The molecular formula is C11H13N3O2. The van der Waals surface area contributed by atoms with E-state index >= 15 is 0 Å². The van der Waals surface area contributed by atoms with Crippen LogP contribution in [0.4, 0.5) is 0 Å². The number of carbonyl (C=O) groups excluding carboxylic acids is 1. The molecule has 0 fully saturated rings. The molecule has 0 atom stereocenters. The molecule has 5 nitrogen and oxygen atoms in total. The number of methoxy groups -OCH3 is 1. The minimum Gasteiger partial charge on any atom is -0.496 e. The number of aryl methyl sites for hydroxylation is 2. The van der Waals surface area contributed by atoms with E-state index in [-0.39, 0.29) is 0 Å². The van der Waals surface area contributed by atoms with Crippen LogP contribution in [0.15, 0.2) is 12.1 Å². The van der Waals surface area contributed by atoms with E-state index in [4.69, 9.17) is 10.5 Å². The fourth-order valence-corrected chi connectivity index (χ4v) is 1.94. The van der Waals surface area contributed by atoms with Gasteiger partial charge in [-0.05, 0) is 19.1 Å². The van der Waals surface area contributed by atoms with E-state index in [1.54, 1.807) is 14.2 Å². The Balaban J connectivity index is 2.89. The highest BCUT2D eigenvalue weighted by atomic mass is 16.5. The molecular weight excluding hydrogens is 206 g/mol. The lowest BCUT2D eigenvalue weighted by Gasteiger charge is -2.05. The third-order valence-electron chi connectivity index (χ3n) is 2.66. The first kappa shape index (κ1) is 10.5. The molecule has 5 heteroatoms. The number of fused-ring (bicyclic) bond motifs is 1. The Labute approximate surface area is 92.8 Å². The van der Waals surface area contributed by atoms with E-state index in [2.05, 4.69) is 5.10 Å². The maximum absolute atomic E-state index is 11.4. The van der Waals surface area contributed by atoms with Gasteiger partial charge in [-0.3, -0.25) is 9.48 Å². The van der Waals surface area contributed by atoms with Crippen molar-refractivity contribution >= 4 is 16.8 Å². The van der Waals surface area contributed by atoms with E-state index in [1.165, 1.54) is 4.68 Å². The fraction of sp³-hybridized carbons (Fsp3) is 0.273. The van der Waals surface area contributed by atoms with Crippen LogP contribution >= 0.6 is 0 Å². The molecule has 16 heavy (non-hydrogen) atoms. The maximum atomic E-state index is 11.4. The summed E-state index contributed by atoms with van der Waals surface area (Å²) in [6.45, 7) is 1.88. The van der Waals surface area contributed by atoms with Gasteiger partial charge in [0.15, 0.2) is 0 Å². The molecule has 0 aliphatic carbocycles. The van der Waals surface area contributed by atoms with Gasteiger partial charge >= 0.3 is 0 Å². The number of ether oxygens (including phenoxy) is 1. The van der Waals surface area contributed by atoms with Gasteiger partial charge in [-0.2, -0.15) is 5.10 Å². The van der Waals surface area contributed by atoms with Crippen molar-refractivity contribution in [2.75, 3.05) is 7.11 Å². The number of amides is 1. The number of benzene rings is 1. The minimum atomic E-state index is -0.485. The summed E-state index contributed by atoms with van der Waals surface area (Å²) in [5, 5.41) is 4.99. The number of carbonyl (C=O) groups is 1. The zero-order chi connectivity index (χ0) is 11.9. The predicted molar refractivity (Wildman–Crippen MR) is 60.5 cm³/mol. The molecule has 0 bridgehead atoms. The van der Waals surface area contributed by atoms with Crippen LogP contribution < -0.4 is 10.5 Å². The first-order valence-corrected chi connectivity index (χ1v) is 4.86. The molecule has 2 rings (SSSR count). The van der Waals surface area contributed by atoms with Gasteiger partial charge in [-0.15, -0.1) is 0 Å². The van der Waals surface area contributed by atoms with E-state index in [0.717, 1.165) is 22.2 Å². The van der Waals surface area contributed by atoms with Gasteiger partial charge in [0.05, 0.1) is 12.6 Å². The monoisotopic (exact) mass is 219 g/mol. The molecule has 1 amide bonds. The summed E-state index contributed by atoms with van der Waals surface area (Å²) >= 11 is 0. The molecule has 0 spiro atoms. The number of hydrogen-bond donors (Lipinski definition) is 1. The van der Waals surface area contributed by atoms with Crippen molar-refractivity contribution in [3.63, 3.8) is 0 Å². The van der Waals surface area contributed by atoms with Gasteiger partial charge in [0.25, 0.3) is 5.91 Å². The predicted octanol–water partition coefficient (Wildman–Crippen LogP) is 0.989. The number of rotatable bonds is 2. The number of nitrogens with two attached hydrogens (primary N) is 1. The van der Waals surface area contributed by atoms with Gasteiger partial charge in [0.1, 0.15) is 11.4 Å². The van der Waals surface area contributed by atoms with Crippen LogP contribution in [0.3, 0.4) is 0 Å². The molecule has 0 saturated heterocycles. The van der Waals surface area contributed by atoms with Gasteiger partial charge < -0.3 is 10.5 Å². The molecule has 1 aromatic heterocycles. The summed E-state index contributed by atoms with van der Waals surface area (Å²) in [6.07, 6.45) is 0. The Hall–Kier alpha value is -2.04. The van der Waals surface area contributed by atoms with Gasteiger partial charge in [0.2, 0.25) is 0 Å². The molecule has 0 unspecified atom stereocenters. The lowest BCUT2D eigenvalue weighted by Crippen LogP contribution is -2.16. The highest BCUT2D eigenvalue weighted by Crippen LogP contribution is 2.28. The molecule has 0 aliphatic rings. The van der Waals surface area contributed by atoms with Crippen LogP contribution in [-0.4, -0.2) is 22.8 Å². The lowest BCUT2D eigenvalue weighted by atomic mass is 10.1. The SMILES string of the molecule is COc1ccc2nn(C)c(C(N)=O)c2c1C. The van der Waals surface area contributed by atoms with Crippen molar-refractivity contribution in [1.82, 2.24) is 9.78 Å². The third kappa shape index (κ3) is 1.32. The maximum Gasteiger partial charge on any atom is 0.267 e. The minimum absolute atomic E-state index is 0.409. The Bertz CT molecular complexity index is 572. The third-order valence-corrected chi connectivity index (χ3v) is 2.66. The van der Waals surface area contributed by atoms with Crippen molar-refractivity contribution in [3.05, 3.63) is 23.4 Å². The quantitative estimate of drug-likeness (QED) is 0.818. The second kappa shape index (κ2) is 3.52. The van der Waals surface area contributed by atoms with E-state index < -0.39 is 5.91 Å². The Morgan fingerprint density at radius 3 is 2.75 bits per heavy atom. The lowest BCUT2D eigenvalue weighted by molar-refractivity contribution is 0.0993. The van der Waals surface area contributed by atoms with Crippen LogP contribution in [0, 0.1) is 6.92 Å². The molecule has 0 aliphatic heterocycles. The smallest absolute Gasteiger partial charge is 0.267 e. The standard InChI is InChI=1S/C11H13N3O2/c1-6-8(16-3)5-4-7-9(6)10(11(12)15)14(2)13-7/h4-5H,1-3H3,(H2,12,15). The highest BCUT2D eigenvalue weighted by molar-refractivity contribution is 6.06. The Kier molecular flexibility index (Phi) is 2.30. The number of nitrogens with zero attached hydrogens (tertiary/aromatic N) is 2. The van der Waals surface area contributed by atoms with Crippen molar-refractivity contribution in [2.45, 2.75) is 6.92 Å². The van der Waals surface area contributed by atoms with Crippen molar-refractivity contribution in [1.29, 1.82) is 0 Å². The number of hydrogen-bond acceptors (Lipinski definition) is 3. The molecule has 0 saturated carbocycles. The Morgan fingerprint density at radius 2 is 2.19 bits per heavy atom. The normalized spacial score (nSPS) is 10.7. The van der Waals surface area contributed by atoms with Crippen molar-refractivity contribution in [3.8, 4) is 5.75 Å². The van der Waals surface area contributed by atoms with Crippen LogP contribution in [0.25, 0.3) is 10.9 Å². The largest absolute Gasteiger partial charge is 0.496 e. The van der Waals surface area contributed by atoms with Crippen LogP contribution in [-0.2, 0) is 7.05 Å². The van der Waals surface area contributed by atoms with Crippen LogP contribution in [0.2, 0.25) is 0 Å². The topological polar surface area (TPSA) is 70.1 Å². The highest BCUT2D eigenvalue weighted by Gasteiger charge is 2.17. The number of primary amides is 1. The van der Waals surface area contributed by atoms with Crippen LogP contribution in [0.5, 0.6) is 5.75 Å². The molecule has 1 aromatic carbocycles. The molecule has 1 heterocycles.